The van der Waals surface area contributed by atoms with E-state index in [0.717, 1.165) is 45.3 Å². The molecule has 8 heteroatoms. The largest absolute Gasteiger partial charge is 0.486 e. The van der Waals surface area contributed by atoms with Crippen LogP contribution in [-0.4, -0.2) is 52.5 Å². The second-order valence-corrected chi connectivity index (χ2v) is 9.82. The first kappa shape index (κ1) is 28.0. The molecule has 0 aromatic heterocycles. The average Bonchev–Trinajstić information content (AvgIpc) is 3.28. The molecular formula is C31H32FNO6. The molecule has 0 saturated carbocycles. The molecule has 2 atom stereocenters. The number of aliphatic carboxylic acids is 2. The molecule has 5 rings (SSSR count). The maximum Gasteiger partial charge on any atom is 0.328 e. The quantitative estimate of drug-likeness (QED) is 0.348. The Labute approximate surface area is 226 Å². The SMILES string of the molecule is O=C(CCCN1CC[C@@]2(c3ccccc3)OC3=C(C=CCC3)[C@H]2C1)c1ccc(F)cc1.O=C(O)C=CC(=O)O. The fourth-order valence-corrected chi connectivity index (χ4v) is 5.48. The van der Waals surface area contributed by atoms with Gasteiger partial charge in [0.1, 0.15) is 17.2 Å². The van der Waals surface area contributed by atoms with Gasteiger partial charge in [-0.2, -0.15) is 0 Å². The van der Waals surface area contributed by atoms with Crippen molar-refractivity contribution >= 4 is 17.7 Å². The first-order chi connectivity index (χ1) is 18.8. The number of ketones is 1. The molecule has 3 aliphatic rings. The third kappa shape index (κ3) is 6.89. The number of carbonyl (C=O) groups excluding carboxylic acids is 1. The highest BCUT2D eigenvalue weighted by atomic mass is 19.1. The van der Waals surface area contributed by atoms with Crippen LogP contribution in [0.3, 0.4) is 0 Å². The topological polar surface area (TPSA) is 104 Å². The van der Waals surface area contributed by atoms with Crippen molar-refractivity contribution in [3.8, 4) is 0 Å². The predicted molar refractivity (Wildman–Crippen MR) is 144 cm³/mol. The minimum absolute atomic E-state index is 0.0834. The first-order valence-electron chi connectivity index (χ1n) is 13.1. The number of hydrogen-bond acceptors (Lipinski definition) is 5. The van der Waals surface area contributed by atoms with Crippen LogP contribution < -0.4 is 0 Å². The van der Waals surface area contributed by atoms with Crippen molar-refractivity contribution in [3.63, 3.8) is 0 Å². The third-order valence-corrected chi connectivity index (χ3v) is 7.32. The van der Waals surface area contributed by atoms with Gasteiger partial charge in [0.15, 0.2) is 5.78 Å². The molecule has 2 aromatic carbocycles. The summed E-state index contributed by atoms with van der Waals surface area (Å²) in [6.45, 7) is 2.80. The van der Waals surface area contributed by atoms with Crippen LogP contribution in [0.4, 0.5) is 4.39 Å². The number of ether oxygens (including phenoxy) is 1. The van der Waals surface area contributed by atoms with Gasteiger partial charge in [0, 0.05) is 56.0 Å². The van der Waals surface area contributed by atoms with Gasteiger partial charge < -0.3 is 19.8 Å². The molecule has 204 valence electrons. The number of halogens is 1. The number of fused-ring (bicyclic) bond motifs is 2. The maximum atomic E-state index is 13.1. The van der Waals surface area contributed by atoms with Crippen molar-refractivity contribution in [3.05, 3.63) is 107 Å². The zero-order chi connectivity index (χ0) is 27.8. The summed E-state index contributed by atoms with van der Waals surface area (Å²) in [5.41, 5.74) is 2.96. The zero-order valence-corrected chi connectivity index (χ0v) is 21.6. The van der Waals surface area contributed by atoms with Gasteiger partial charge in [-0.3, -0.25) is 4.79 Å². The van der Waals surface area contributed by atoms with E-state index in [9.17, 15) is 18.8 Å². The second-order valence-electron chi connectivity index (χ2n) is 9.82. The van der Waals surface area contributed by atoms with E-state index in [1.807, 2.05) is 0 Å². The summed E-state index contributed by atoms with van der Waals surface area (Å²) >= 11 is 0. The Balaban J connectivity index is 0.000000386. The van der Waals surface area contributed by atoms with Gasteiger partial charge in [-0.25, -0.2) is 14.0 Å². The first-order valence-corrected chi connectivity index (χ1v) is 13.1. The summed E-state index contributed by atoms with van der Waals surface area (Å²) in [5.74, 6) is -1.25. The highest BCUT2D eigenvalue weighted by Crippen LogP contribution is 2.53. The number of carboxylic acids is 2. The van der Waals surface area contributed by atoms with E-state index in [4.69, 9.17) is 14.9 Å². The number of carbonyl (C=O) groups is 3. The third-order valence-electron chi connectivity index (χ3n) is 7.32. The minimum Gasteiger partial charge on any atom is -0.486 e. The molecule has 7 nitrogen and oxygen atoms in total. The van der Waals surface area contributed by atoms with E-state index in [1.165, 1.54) is 29.0 Å². The summed E-state index contributed by atoms with van der Waals surface area (Å²) in [6, 6.07) is 16.5. The number of nitrogens with zero attached hydrogens (tertiary/aromatic N) is 1. The lowest BCUT2D eigenvalue weighted by Gasteiger charge is -2.44. The number of hydrogen-bond donors (Lipinski definition) is 2. The molecule has 0 amide bonds. The van der Waals surface area contributed by atoms with Crippen molar-refractivity contribution < 1.29 is 33.7 Å². The summed E-state index contributed by atoms with van der Waals surface area (Å²) in [6.07, 6.45) is 9.94. The van der Waals surface area contributed by atoms with Crippen LogP contribution in [0.2, 0.25) is 0 Å². The minimum atomic E-state index is -1.26. The summed E-state index contributed by atoms with van der Waals surface area (Å²) in [4.78, 5) is 34.0. The number of likely N-dealkylation sites (tertiary alicyclic amines) is 1. The molecule has 1 saturated heterocycles. The van der Waals surface area contributed by atoms with Crippen LogP contribution >= 0.6 is 0 Å². The van der Waals surface area contributed by atoms with Crippen LogP contribution in [0, 0.1) is 11.7 Å². The lowest BCUT2D eigenvalue weighted by molar-refractivity contribution is -0.134. The number of benzene rings is 2. The van der Waals surface area contributed by atoms with Crippen molar-refractivity contribution in [1.29, 1.82) is 0 Å². The smallest absolute Gasteiger partial charge is 0.328 e. The second kappa shape index (κ2) is 12.7. The van der Waals surface area contributed by atoms with E-state index < -0.39 is 11.9 Å². The molecular weight excluding hydrogens is 501 g/mol. The Hall–Kier alpha value is -4.04. The summed E-state index contributed by atoms with van der Waals surface area (Å²) in [5, 5.41) is 15.6. The molecule has 1 fully saturated rings. The lowest BCUT2D eigenvalue weighted by Crippen LogP contribution is -2.49. The number of rotatable bonds is 8. The highest BCUT2D eigenvalue weighted by Gasteiger charge is 2.52. The number of Topliss-reactive ketones (excluding diaryl/α,β-unsaturated/α-hetero) is 1. The predicted octanol–water partition coefficient (Wildman–Crippen LogP) is 5.35. The molecule has 2 heterocycles. The van der Waals surface area contributed by atoms with Gasteiger partial charge >= 0.3 is 11.9 Å². The molecule has 2 aromatic rings. The molecule has 2 aliphatic heterocycles. The van der Waals surface area contributed by atoms with Crippen LogP contribution in [0.15, 0.2) is 90.2 Å². The Bertz CT molecular complexity index is 1270. The van der Waals surface area contributed by atoms with Gasteiger partial charge in [-0.15, -0.1) is 0 Å². The molecule has 39 heavy (non-hydrogen) atoms. The molecule has 0 unspecified atom stereocenters. The Morgan fingerprint density at radius 2 is 1.72 bits per heavy atom. The Morgan fingerprint density at radius 3 is 2.38 bits per heavy atom. The number of carboxylic acid groups (broad SMARTS) is 2. The van der Waals surface area contributed by atoms with Gasteiger partial charge in [0.25, 0.3) is 0 Å². The van der Waals surface area contributed by atoms with Crippen molar-refractivity contribution in [2.75, 3.05) is 19.6 Å². The monoisotopic (exact) mass is 533 g/mol. The van der Waals surface area contributed by atoms with Crippen LogP contribution in [0.25, 0.3) is 0 Å². The Morgan fingerprint density at radius 1 is 1.03 bits per heavy atom. The molecule has 0 bridgehead atoms. The van der Waals surface area contributed by atoms with E-state index in [2.05, 4.69) is 47.4 Å². The van der Waals surface area contributed by atoms with Crippen molar-refractivity contribution in [2.24, 2.45) is 5.92 Å². The number of piperidine rings is 1. The molecule has 1 aliphatic carbocycles. The Kier molecular flexibility index (Phi) is 9.09. The van der Waals surface area contributed by atoms with E-state index >= 15 is 0 Å². The zero-order valence-electron chi connectivity index (χ0n) is 21.6. The van der Waals surface area contributed by atoms with Crippen LogP contribution in [0.5, 0.6) is 0 Å². The maximum absolute atomic E-state index is 13.1. The molecule has 2 N–H and O–H groups in total. The number of allylic oxidation sites excluding steroid dienone is 3. The summed E-state index contributed by atoms with van der Waals surface area (Å²) < 4.78 is 19.8. The molecule has 0 radical (unpaired) electrons. The van der Waals surface area contributed by atoms with Crippen LogP contribution in [-0.2, 0) is 19.9 Å². The molecule has 0 spiro atoms. The summed E-state index contributed by atoms with van der Waals surface area (Å²) in [7, 11) is 0. The normalized spacial score (nSPS) is 21.9. The average molecular weight is 534 g/mol. The van der Waals surface area contributed by atoms with Crippen molar-refractivity contribution in [2.45, 2.75) is 37.7 Å². The van der Waals surface area contributed by atoms with Crippen molar-refractivity contribution in [1.82, 2.24) is 4.90 Å². The van der Waals surface area contributed by atoms with E-state index in [-0.39, 0.29) is 17.2 Å². The van der Waals surface area contributed by atoms with E-state index in [1.54, 1.807) is 12.1 Å². The standard InChI is InChI=1S/C27H28FNO2.C4H4O4/c28-22-14-12-20(13-15-22)25(30)10-6-17-29-18-16-27(21-7-2-1-3-8-21)24(19-29)23-9-4-5-11-26(23)31-27;5-3(6)1-2-4(7)8/h1-4,7-9,12-15,24H,5-6,10-11,16-19H2;1-2H,(H,5,6)(H,7,8)/t24-,27+;/m1./s1. The van der Waals surface area contributed by atoms with Gasteiger partial charge in [-0.1, -0.05) is 42.5 Å². The van der Waals surface area contributed by atoms with Crippen LogP contribution in [0.1, 0.15) is 48.0 Å². The fourth-order valence-electron chi connectivity index (χ4n) is 5.48. The van der Waals surface area contributed by atoms with E-state index in [0.29, 0.717) is 30.1 Å². The van der Waals surface area contributed by atoms with Gasteiger partial charge in [-0.05, 0) is 54.8 Å². The van der Waals surface area contributed by atoms with Gasteiger partial charge in [0.2, 0.25) is 0 Å². The fraction of sp³-hybridized carbons (Fsp3) is 0.323. The van der Waals surface area contributed by atoms with Gasteiger partial charge in [0.05, 0.1) is 0 Å². The highest BCUT2D eigenvalue weighted by molar-refractivity contribution is 5.96. The lowest BCUT2D eigenvalue weighted by atomic mass is 9.73.